The molecule has 130 valence electrons. The van der Waals surface area contributed by atoms with E-state index in [4.69, 9.17) is 4.74 Å². The molecule has 0 unspecified atom stereocenters. The second-order valence-corrected chi connectivity index (χ2v) is 7.17. The molecule has 25 heavy (non-hydrogen) atoms. The van der Waals surface area contributed by atoms with Crippen molar-refractivity contribution < 1.29 is 9.53 Å². The van der Waals surface area contributed by atoms with Gasteiger partial charge in [0.05, 0.1) is 19.0 Å². The second kappa shape index (κ2) is 6.68. The van der Waals surface area contributed by atoms with Gasteiger partial charge < -0.3 is 10.1 Å². The summed E-state index contributed by atoms with van der Waals surface area (Å²) in [6.45, 7) is 5.67. The van der Waals surface area contributed by atoms with Crippen molar-refractivity contribution in [3.05, 3.63) is 51.4 Å². The number of aryl methyl sites for hydroxylation is 1. The van der Waals surface area contributed by atoms with Crippen LogP contribution in [0.2, 0.25) is 0 Å². The predicted octanol–water partition coefficient (Wildman–Crippen LogP) is 3.61. The van der Waals surface area contributed by atoms with E-state index in [2.05, 4.69) is 10.3 Å². The third kappa shape index (κ3) is 3.15. The molecule has 0 aliphatic rings. The molecular formula is C18H19N3O3S. The van der Waals surface area contributed by atoms with E-state index in [-0.39, 0.29) is 17.5 Å². The van der Waals surface area contributed by atoms with Gasteiger partial charge in [0.15, 0.2) is 0 Å². The number of fused-ring (bicyclic) bond motifs is 1. The number of amides is 1. The van der Waals surface area contributed by atoms with Crippen LogP contribution in [0.5, 0.6) is 5.75 Å². The van der Waals surface area contributed by atoms with Crippen molar-refractivity contribution in [3.8, 4) is 5.75 Å². The number of rotatable bonds is 4. The van der Waals surface area contributed by atoms with Crippen molar-refractivity contribution in [1.82, 2.24) is 9.55 Å². The van der Waals surface area contributed by atoms with Gasteiger partial charge in [-0.3, -0.25) is 14.2 Å². The summed E-state index contributed by atoms with van der Waals surface area (Å²) >= 11 is 1.30. The molecule has 0 aliphatic heterocycles. The summed E-state index contributed by atoms with van der Waals surface area (Å²) in [5, 5.41) is 2.85. The fourth-order valence-electron chi connectivity index (χ4n) is 2.62. The number of methoxy groups -OCH3 is 1. The van der Waals surface area contributed by atoms with E-state index in [1.54, 1.807) is 35.9 Å². The number of nitrogens with one attached hydrogen (secondary N) is 1. The molecule has 0 saturated heterocycles. The van der Waals surface area contributed by atoms with Crippen LogP contribution in [-0.2, 0) is 0 Å². The lowest BCUT2D eigenvalue weighted by molar-refractivity contribution is 0.102. The van der Waals surface area contributed by atoms with Gasteiger partial charge in [0.25, 0.3) is 11.5 Å². The molecular weight excluding hydrogens is 338 g/mol. The van der Waals surface area contributed by atoms with E-state index in [9.17, 15) is 9.59 Å². The van der Waals surface area contributed by atoms with Gasteiger partial charge in [-0.05, 0) is 32.9 Å². The van der Waals surface area contributed by atoms with Crippen LogP contribution in [0.3, 0.4) is 0 Å². The summed E-state index contributed by atoms with van der Waals surface area (Å²) < 4.78 is 7.24. The van der Waals surface area contributed by atoms with E-state index >= 15 is 0 Å². The van der Waals surface area contributed by atoms with Crippen molar-refractivity contribution in [1.29, 1.82) is 0 Å². The average molecular weight is 357 g/mol. The maximum absolute atomic E-state index is 12.7. The van der Waals surface area contributed by atoms with Crippen LogP contribution in [0.4, 0.5) is 5.69 Å². The van der Waals surface area contributed by atoms with Crippen LogP contribution in [0.15, 0.2) is 35.4 Å². The van der Waals surface area contributed by atoms with Gasteiger partial charge in [0.1, 0.15) is 16.0 Å². The normalized spacial score (nSPS) is 11.1. The van der Waals surface area contributed by atoms with Crippen molar-refractivity contribution in [3.63, 3.8) is 0 Å². The van der Waals surface area contributed by atoms with Crippen molar-refractivity contribution in [2.75, 3.05) is 12.4 Å². The van der Waals surface area contributed by atoms with Crippen molar-refractivity contribution in [2.24, 2.45) is 0 Å². The van der Waals surface area contributed by atoms with Gasteiger partial charge in [-0.2, -0.15) is 0 Å². The van der Waals surface area contributed by atoms with E-state index in [0.29, 0.717) is 27.2 Å². The number of aromatic nitrogens is 2. The predicted molar refractivity (Wildman–Crippen MR) is 99.9 cm³/mol. The molecule has 1 amide bonds. The molecule has 0 spiro atoms. The maximum atomic E-state index is 12.7. The van der Waals surface area contributed by atoms with E-state index in [1.165, 1.54) is 17.7 Å². The van der Waals surface area contributed by atoms with Gasteiger partial charge in [-0.1, -0.05) is 6.07 Å². The molecule has 2 heterocycles. The highest BCUT2D eigenvalue weighted by atomic mass is 32.1. The summed E-state index contributed by atoms with van der Waals surface area (Å²) in [7, 11) is 1.57. The van der Waals surface area contributed by atoms with Crippen LogP contribution < -0.4 is 15.6 Å². The summed E-state index contributed by atoms with van der Waals surface area (Å²) in [5.41, 5.74) is 1.40. The third-order valence-electron chi connectivity index (χ3n) is 3.91. The first-order chi connectivity index (χ1) is 11.9. The van der Waals surface area contributed by atoms with Crippen molar-refractivity contribution in [2.45, 2.75) is 26.8 Å². The van der Waals surface area contributed by atoms with Gasteiger partial charge >= 0.3 is 0 Å². The molecule has 0 aliphatic carbocycles. The fourth-order valence-corrected chi connectivity index (χ4v) is 3.66. The smallest absolute Gasteiger partial charge is 0.271 e. The summed E-state index contributed by atoms with van der Waals surface area (Å²) in [5.74, 6) is 0.369. The first kappa shape index (κ1) is 17.2. The van der Waals surface area contributed by atoms with Crippen LogP contribution in [0.1, 0.15) is 35.1 Å². The highest BCUT2D eigenvalue weighted by molar-refractivity contribution is 7.19. The zero-order valence-corrected chi connectivity index (χ0v) is 15.3. The number of hydrogen-bond acceptors (Lipinski definition) is 5. The molecule has 6 nitrogen and oxygen atoms in total. The molecule has 1 aromatic carbocycles. The zero-order chi connectivity index (χ0) is 18.1. The first-order valence-electron chi connectivity index (χ1n) is 7.88. The highest BCUT2D eigenvalue weighted by Gasteiger charge is 2.21. The minimum atomic E-state index is -0.286. The van der Waals surface area contributed by atoms with E-state index in [1.807, 2.05) is 20.8 Å². The molecule has 0 radical (unpaired) electrons. The lowest BCUT2D eigenvalue weighted by Gasteiger charge is -2.09. The lowest BCUT2D eigenvalue weighted by Crippen LogP contribution is -2.22. The standard InChI is InChI=1S/C18H19N3O3S/c1-10(2)21-9-19-15-14(11(3)25-16(15)18(21)23)17(22)20-12-6-5-7-13(8-12)24-4/h5-10H,1-4H3,(H,20,22). The molecule has 3 rings (SSSR count). The molecule has 3 aromatic rings. The Morgan fingerprint density at radius 3 is 2.80 bits per heavy atom. The Labute approximate surface area is 149 Å². The molecule has 0 fully saturated rings. The Hall–Kier alpha value is -2.67. The minimum Gasteiger partial charge on any atom is -0.497 e. The first-order valence-corrected chi connectivity index (χ1v) is 8.69. The van der Waals surface area contributed by atoms with Crippen LogP contribution in [0, 0.1) is 6.92 Å². The Morgan fingerprint density at radius 2 is 2.12 bits per heavy atom. The van der Waals surface area contributed by atoms with E-state index in [0.717, 1.165) is 4.88 Å². The van der Waals surface area contributed by atoms with Crippen LogP contribution in [-0.4, -0.2) is 22.6 Å². The summed E-state index contributed by atoms with van der Waals surface area (Å²) in [6, 6.07) is 7.13. The number of carbonyl (C=O) groups excluding carboxylic acids is 1. The molecule has 1 N–H and O–H groups in total. The number of anilines is 1. The minimum absolute atomic E-state index is 0.0147. The number of hydrogen-bond donors (Lipinski definition) is 1. The molecule has 7 heteroatoms. The maximum Gasteiger partial charge on any atom is 0.271 e. The Kier molecular flexibility index (Phi) is 4.59. The molecule has 0 atom stereocenters. The number of carbonyl (C=O) groups is 1. The van der Waals surface area contributed by atoms with Gasteiger partial charge in [0, 0.05) is 22.7 Å². The number of nitrogens with zero attached hydrogens (tertiary/aromatic N) is 2. The number of thiophene rings is 1. The lowest BCUT2D eigenvalue weighted by atomic mass is 10.2. The largest absolute Gasteiger partial charge is 0.497 e. The Bertz CT molecular complexity index is 1000. The monoisotopic (exact) mass is 357 g/mol. The number of ether oxygens (including phenoxy) is 1. The topological polar surface area (TPSA) is 73.2 Å². The molecule has 2 aromatic heterocycles. The van der Waals surface area contributed by atoms with E-state index < -0.39 is 0 Å². The zero-order valence-electron chi connectivity index (χ0n) is 14.5. The molecule has 0 bridgehead atoms. The summed E-state index contributed by atoms with van der Waals surface area (Å²) in [6.07, 6.45) is 1.50. The van der Waals surface area contributed by atoms with Gasteiger partial charge in [-0.15, -0.1) is 11.3 Å². The quantitative estimate of drug-likeness (QED) is 0.774. The molecule has 0 saturated carbocycles. The average Bonchev–Trinajstić information content (AvgIpc) is 2.92. The highest BCUT2D eigenvalue weighted by Crippen LogP contribution is 2.28. The van der Waals surface area contributed by atoms with Crippen LogP contribution in [0.25, 0.3) is 10.2 Å². The van der Waals surface area contributed by atoms with Gasteiger partial charge in [-0.25, -0.2) is 4.98 Å². The number of benzene rings is 1. The second-order valence-electron chi connectivity index (χ2n) is 5.95. The third-order valence-corrected chi connectivity index (χ3v) is 4.99. The van der Waals surface area contributed by atoms with Crippen molar-refractivity contribution >= 4 is 33.1 Å². The Balaban J connectivity index is 2.03. The van der Waals surface area contributed by atoms with Gasteiger partial charge in [0.2, 0.25) is 0 Å². The fraction of sp³-hybridized carbons (Fsp3) is 0.278. The summed E-state index contributed by atoms with van der Waals surface area (Å²) in [4.78, 5) is 30.5. The Morgan fingerprint density at radius 1 is 1.36 bits per heavy atom. The van der Waals surface area contributed by atoms with Crippen LogP contribution >= 0.6 is 11.3 Å². The SMILES string of the molecule is COc1cccc(NC(=O)c2c(C)sc3c(=O)n(C(C)C)cnc23)c1.